The van der Waals surface area contributed by atoms with Crippen molar-refractivity contribution in [2.45, 2.75) is 38.4 Å². The van der Waals surface area contributed by atoms with Gasteiger partial charge in [-0.05, 0) is 40.9 Å². The summed E-state index contributed by atoms with van der Waals surface area (Å²) >= 11 is 3.45. The molecular weight excluding hydrogens is 324 g/mol. The van der Waals surface area contributed by atoms with Crippen molar-refractivity contribution in [3.05, 3.63) is 22.2 Å². The molecule has 0 saturated carbocycles. The molecule has 0 aliphatic carbocycles. The summed E-state index contributed by atoms with van der Waals surface area (Å²) in [5, 5.41) is 10.8. The fraction of sp³-hybridized carbons (Fsp3) is 0.600. The van der Waals surface area contributed by atoms with Gasteiger partial charge in [-0.3, -0.25) is 0 Å². The summed E-state index contributed by atoms with van der Waals surface area (Å²) in [5.74, 6) is 1.23. The Hall–Kier alpha value is -0.780. The predicted molar refractivity (Wildman–Crippen MR) is 82.5 cm³/mol. The Kier molecular flexibility index (Phi) is 6.30. The number of aliphatic hydroxyl groups excluding tert-OH is 1. The standard InChI is InChI=1S/C15H23BrO4/c1-6-15(7-2,20-5)14(17)10-8-9-11(18-3)12(16)13(10)19-4/h8-9,14,17H,6-7H2,1-5H3. The van der Waals surface area contributed by atoms with E-state index in [1.54, 1.807) is 27.4 Å². The zero-order chi connectivity index (χ0) is 15.3. The Morgan fingerprint density at radius 1 is 1.15 bits per heavy atom. The van der Waals surface area contributed by atoms with Crippen LogP contribution in [0.3, 0.4) is 0 Å². The van der Waals surface area contributed by atoms with Gasteiger partial charge in [-0.25, -0.2) is 0 Å². The van der Waals surface area contributed by atoms with Gasteiger partial charge < -0.3 is 19.3 Å². The Balaban J connectivity index is 3.35. The summed E-state index contributed by atoms with van der Waals surface area (Å²) < 4.78 is 17.0. The highest BCUT2D eigenvalue weighted by Gasteiger charge is 2.37. The van der Waals surface area contributed by atoms with E-state index in [0.717, 1.165) is 0 Å². The van der Waals surface area contributed by atoms with Crippen molar-refractivity contribution in [3.8, 4) is 11.5 Å². The van der Waals surface area contributed by atoms with Gasteiger partial charge in [0.15, 0.2) is 0 Å². The number of halogens is 1. The number of rotatable bonds is 7. The van der Waals surface area contributed by atoms with E-state index in [4.69, 9.17) is 14.2 Å². The van der Waals surface area contributed by atoms with Gasteiger partial charge in [0.05, 0.1) is 19.8 Å². The zero-order valence-electron chi connectivity index (χ0n) is 12.7. The molecule has 0 fully saturated rings. The van der Waals surface area contributed by atoms with E-state index >= 15 is 0 Å². The first-order valence-corrected chi connectivity index (χ1v) is 7.44. The minimum absolute atomic E-state index is 0.570. The lowest BCUT2D eigenvalue weighted by Gasteiger charge is -2.36. The van der Waals surface area contributed by atoms with Crippen LogP contribution >= 0.6 is 15.9 Å². The topological polar surface area (TPSA) is 47.9 Å². The van der Waals surface area contributed by atoms with Crippen LogP contribution in [0.2, 0.25) is 0 Å². The van der Waals surface area contributed by atoms with Crippen LogP contribution in [0, 0.1) is 0 Å². The number of aliphatic hydroxyl groups is 1. The Labute approximate surface area is 129 Å². The lowest BCUT2D eigenvalue weighted by Crippen LogP contribution is -2.37. The maximum atomic E-state index is 10.8. The fourth-order valence-corrected chi connectivity index (χ4v) is 3.14. The highest BCUT2D eigenvalue weighted by molar-refractivity contribution is 9.10. The lowest BCUT2D eigenvalue weighted by atomic mass is 9.85. The fourth-order valence-electron chi connectivity index (χ4n) is 2.45. The molecule has 0 aliphatic heterocycles. The molecule has 1 aromatic rings. The van der Waals surface area contributed by atoms with Crippen molar-refractivity contribution < 1.29 is 19.3 Å². The van der Waals surface area contributed by atoms with Crippen molar-refractivity contribution in [3.63, 3.8) is 0 Å². The normalized spacial score (nSPS) is 13.2. The van der Waals surface area contributed by atoms with E-state index in [1.807, 2.05) is 19.9 Å². The van der Waals surface area contributed by atoms with Crippen molar-refractivity contribution >= 4 is 15.9 Å². The maximum Gasteiger partial charge on any atom is 0.142 e. The molecule has 1 atom stereocenters. The second-order valence-electron chi connectivity index (χ2n) is 4.58. The molecule has 0 bridgehead atoms. The first-order chi connectivity index (χ1) is 9.51. The van der Waals surface area contributed by atoms with E-state index in [1.165, 1.54) is 0 Å². The van der Waals surface area contributed by atoms with E-state index in [2.05, 4.69) is 15.9 Å². The predicted octanol–water partition coefficient (Wildman–Crippen LogP) is 3.70. The molecule has 0 aliphatic rings. The summed E-state index contributed by atoms with van der Waals surface area (Å²) in [6, 6.07) is 3.61. The highest BCUT2D eigenvalue weighted by atomic mass is 79.9. The summed E-state index contributed by atoms with van der Waals surface area (Å²) in [6.07, 6.45) is 0.627. The largest absolute Gasteiger partial charge is 0.495 e. The average molecular weight is 347 g/mol. The lowest BCUT2D eigenvalue weighted by molar-refractivity contribution is -0.110. The summed E-state index contributed by atoms with van der Waals surface area (Å²) in [4.78, 5) is 0. The molecule has 5 heteroatoms. The second kappa shape index (κ2) is 7.29. The van der Waals surface area contributed by atoms with Crippen LogP contribution in [0.25, 0.3) is 0 Å². The molecule has 1 rings (SSSR count). The first-order valence-electron chi connectivity index (χ1n) is 6.64. The molecule has 0 aromatic heterocycles. The van der Waals surface area contributed by atoms with Gasteiger partial charge >= 0.3 is 0 Å². The third kappa shape index (κ3) is 2.95. The number of ether oxygens (including phenoxy) is 3. The average Bonchev–Trinajstić information content (AvgIpc) is 2.49. The molecule has 1 aromatic carbocycles. The molecule has 0 saturated heterocycles. The van der Waals surface area contributed by atoms with Crippen molar-refractivity contribution in [2.24, 2.45) is 0 Å². The monoisotopic (exact) mass is 346 g/mol. The van der Waals surface area contributed by atoms with Gasteiger partial charge in [-0.15, -0.1) is 0 Å². The van der Waals surface area contributed by atoms with Gasteiger partial charge in [-0.2, -0.15) is 0 Å². The molecular formula is C15H23BrO4. The van der Waals surface area contributed by atoms with E-state index in [-0.39, 0.29) is 0 Å². The zero-order valence-corrected chi connectivity index (χ0v) is 14.3. The SMILES string of the molecule is CCC(CC)(OC)C(O)c1ccc(OC)c(Br)c1OC. The molecule has 1 N–H and O–H groups in total. The molecule has 114 valence electrons. The number of hydrogen-bond acceptors (Lipinski definition) is 4. The second-order valence-corrected chi connectivity index (χ2v) is 5.38. The molecule has 4 nitrogen and oxygen atoms in total. The van der Waals surface area contributed by atoms with Crippen LogP contribution < -0.4 is 9.47 Å². The van der Waals surface area contributed by atoms with Gasteiger partial charge in [0, 0.05) is 12.7 Å². The number of benzene rings is 1. The van der Waals surface area contributed by atoms with Crippen molar-refractivity contribution in [2.75, 3.05) is 21.3 Å². The van der Waals surface area contributed by atoms with E-state index < -0.39 is 11.7 Å². The van der Waals surface area contributed by atoms with Crippen LogP contribution in [0.1, 0.15) is 38.4 Å². The molecule has 0 spiro atoms. The van der Waals surface area contributed by atoms with Crippen LogP contribution in [0.15, 0.2) is 16.6 Å². The van der Waals surface area contributed by atoms with Crippen LogP contribution in [-0.4, -0.2) is 32.0 Å². The minimum Gasteiger partial charge on any atom is -0.495 e. The van der Waals surface area contributed by atoms with E-state index in [0.29, 0.717) is 34.4 Å². The van der Waals surface area contributed by atoms with Crippen LogP contribution in [0.5, 0.6) is 11.5 Å². The van der Waals surface area contributed by atoms with Crippen LogP contribution in [0.4, 0.5) is 0 Å². The Bertz CT molecular complexity index is 435. The van der Waals surface area contributed by atoms with Gasteiger partial charge in [-0.1, -0.05) is 13.8 Å². The minimum atomic E-state index is -0.778. The third-order valence-electron chi connectivity index (χ3n) is 3.91. The maximum absolute atomic E-state index is 10.8. The molecule has 0 heterocycles. The van der Waals surface area contributed by atoms with Gasteiger partial charge in [0.25, 0.3) is 0 Å². The van der Waals surface area contributed by atoms with Crippen molar-refractivity contribution in [1.82, 2.24) is 0 Å². The highest BCUT2D eigenvalue weighted by Crippen LogP contribution is 2.44. The molecule has 1 unspecified atom stereocenters. The van der Waals surface area contributed by atoms with Crippen molar-refractivity contribution in [1.29, 1.82) is 0 Å². The quantitative estimate of drug-likeness (QED) is 0.817. The molecule has 20 heavy (non-hydrogen) atoms. The molecule has 0 amide bonds. The van der Waals surface area contributed by atoms with E-state index in [9.17, 15) is 5.11 Å². The molecule has 0 radical (unpaired) electrons. The van der Waals surface area contributed by atoms with Gasteiger partial charge in [0.2, 0.25) is 0 Å². The first kappa shape index (κ1) is 17.3. The Morgan fingerprint density at radius 2 is 1.75 bits per heavy atom. The summed E-state index contributed by atoms with van der Waals surface area (Å²) in [7, 11) is 4.79. The number of methoxy groups -OCH3 is 3. The summed E-state index contributed by atoms with van der Waals surface area (Å²) in [5.41, 5.74) is 0.0622. The number of hydrogen-bond donors (Lipinski definition) is 1. The summed E-state index contributed by atoms with van der Waals surface area (Å²) in [6.45, 7) is 4.00. The van der Waals surface area contributed by atoms with Crippen LogP contribution in [-0.2, 0) is 4.74 Å². The third-order valence-corrected chi connectivity index (χ3v) is 4.66. The Morgan fingerprint density at radius 3 is 2.15 bits per heavy atom. The van der Waals surface area contributed by atoms with Gasteiger partial charge in [0.1, 0.15) is 22.1 Å². The smallest absolute Gasteiger partial charge is 0.142 e.